The van der Waals surface area contributed by atoms with E-state index in [4.69, 9.17) is 10.2 Å². The van der Waals surface area contributed by atoms with Crippen LogP contribution in [0.3, 0.4) is 0 Å². The van der Waals surface area contributed by atoms with Crippen LogP contribution >= 0.6 is 0 Å². The van der Waals surface area contributed by atoms with E-state index in [0.717, 1.165) is 4.90 Å². The first-order valence-electron chi connectivity index (χ1n) is 7.76. The molecule has 3 N–H and O–H groups in total. The monoisotopic (exact) mass is 353 g/mol. The quantitative estimate of drug-likeness (QED) is 0.665. The average Bonchev–Trinajstić information content (AvgIpc) is 2.90. The Balaban J connectivity index is 1.84. The van der Waals surface area contributed by atoms with Crippen molar-refractivity contribution in [2.24, 2.45) is 0 Å². The molecule has 2 aromatic rings. The van der Waals surface area contributed by atoms with Crippen molar-refractivity contribution >= 4 is 23.5 Å². The third kappa shape index (κ3) is 3.45. The molecule has 26 heavy (non-hydrogen) atoms. The number of hydrogen-bond donors (Lipinski definition) is 3. The number of β-amino-alcohol motifs (C(OH)–C–C–N with tert-alkyl or cyclic N) is 1. The van der Waals surface area contributed by atoms with E-state index in [0.29, 0.717) is 16.9 Å². The summed E-state index contributed by atoms with van der Waals surface area (Å²) >= 11 is 0. The largest absolute Gasteiger partial charge is 0.477 e. The molecule has 0 saturated heterocycles. The molecule has 0 aliphatic carbocycles. The predicted octanol–water partition coefficient (Wildman–Crippen LogP) is 1.10. The van der Waals surface area contributed by atoms with Crippen molar-refractivity contribution in [1.29, 1.82) is 0 Å². The second-order valence-electron chi connectivity index (χ2n) is 5.50. The van der Waals surface area contributed by atoms with Crippen LogP contribution in [0.15, 0.2) is 54.2 Å². The molecule has 132 valence electrons. The number of aliphatic hydroxyl groups excluding tert-OH is 1. The Bertz CT molecular complexity index is 923. The summed E-state index contributed by atoms with van der Waals surface area (Å²) < 4.78 is 0. The molecule has 0 spiro atoms. The normalized spacial score (nSPS) is 13.7. The van der Waals surface area contributed by atoms with Crippen molar-refractivity contribution in [1.82, 2.24) is 9.88 Å². The summed E-state index contributed by atoms with van der Waals surface area (Å²) in [5, 5.41) is 20.9. The number of amides is 2. The lowest BCUT2D eigenvalue weighted by Gasteiger charge is -2.13. The summed E-state index contributed by atoms with van der Waals surface area (Å²) in [6, 6.07) is 11.6. The summed E-state index contributed by atoms with van der Waals surface area (Å²) in [6.45, 7) is -0.370. The molecular formula is C18H15N3O5. The summed E-state index contributed by atoms with van der Waals surface area (Å²) in [7, 11) is 0. The van der Waals surface area contributed by atoms with Gasteiger partial charge in [0.1, 0.15) is 11.4 Å². The third-order valence-electron chi connectivity index (χ3n) is 3.74. The maximum atomic E-state index is 12.2. The summed E-state index contributed by atoms with van der Waals surface area (Å²) in [4.78, 5) is 40.0. The number of pyridine rings is 1. The molecule has 1 aliphatic heterocycles. The Morgan fingerprint density at radius 2 is 1.92 bits per heavy atom. The van der Waals surface area contributed by atoms with Crippen molar-refractivity contribution in [2.75, 3.05) is 18.5 Å². The molecular weight excluding hydrogens is 338 g/mol. The molecule has 0 saturated carbocycles. The van der Waals surface area contributed by atoms with E-state index < -0.39 is 17.8 Å². The molecule has 2 amide bonds. The zero-order valence-electron chi connectivity index (χ0n) is 13.5. The van der Waals surface area contributed by atoms with E-state index in [2.05, 4.69) is 10.3 Å². The number of carboxylic acid groups (broad SMARTS) is 1. The van der Waals surface area contributed by atoms with Crippen LogP contribution in [0.2, 0.25) is 0 Å². The van der Waals surface area contributed by atoms with Crippen LogP contribution in [0.1, 0.15) is 10.5 Å². The van der Waals surface area contributed by atoms with Crippen molar-refractivity contribution in [3.63, 3.8) is 0 Å². The van der Waals surface area contributed by atoms with Crippen LogP contribution in [-0.2, 0) is 9.59 Å². The number of rotatable bonds is 6. The number of carboxylic acids is 1. The molecule has 8 nitrogen and oxygen atoms in total. The van der Waals surface area contributed by atoms with Gasteiger partial charge in [0.2, 0.25) is 0 Å². The first kappa shape index (κ1) is 17.3. The van der Waals surface area contributed by atoms with Gasteiger partial charge in [-0.15, -0.1) is 0 Å². The van der Waals surface area contributed by atoms with Crippen LogP contribution in [-0.4, -0.2) is 51.0 Å². The van der Waals surface area contributed by atoms with Crippen molar-refractivity contribution in [3.8, 4) is 11.3 Å². The molecule has 0 atom stereocenters. The Hall–Kier alpha value is -3.52. The SMILES string of the molecule is O=C(O)c1cccc(-c2cccc(NC3=CC(=O)N(CCO)C3=O)c2)n1. The highest BCUT2D eigenvalue weighted by Gasteiger charge is 2.30. The van der Waals surface area contributed by atoms with E-state index >= 15 is 0 Å². The van der Waals surface area contributed by atoms with Gasteiger partial charge in [-0.05, 0) is 24.3 Å². The van der Waals surface area contributed by atoms with Crippen molar-refractivity contribution in [3.05, 3.63) is 59.9 Å². The minimum Gasteiger partial charge on any atom is -0.477 e. The van der Waals surface area contributed by atoms with Gasteiger partial charge in [0.15, 0.2) is 0 Å². The topological polar surface area (TPSA) is 120 Å². The molecule has 3 rings (SSSR count). The molecule has 1 aromatic heterocycles. The predicted molar refractivity (Wildman–Crippen MR) is 92.1 cm³/mol. The first-order chi connectivity index (χ1) is 12.5. The van der Waals surface area contributed by atoms with Gasteiger partial charge in [-0.25, -0.2) is 9.78 Å². The fourth-order valence-electron chi connectivity index (χ4n) is 2.54. The standard InChI is InChI=1S/C18H15N3O5/c22-8-7-21-16(23)10-15(17(21)24)19-12-4-1-3-11(9-12)13-5-2-6-14(20-13)18(25)26/h1-6,9-10,19,22H,7-8H2,(H,25,26). The number of carbonyl (C=O) groups is 3. The first-order valence-corrected chi connectivity index (χ1v) is 7.76. The van der Waals surface area contributed by atoms with Gasteiger partial charge < -0.3 is 15.5 Å². The molecule has 0 fully saturated rings. The number of benzene rings is 1. The number of aromatic carboxylic acids is 1. The van der Waals surface area contributed by atoms with Gasteiger partial charge in [0, 0.05) is 17.3 Å². The number of nitrogens with zero attached hydrogens (tertiary/aromatic N) is 2. The zero-order chi connectivity index (χ0) is 18.7. The summed E-state index contributed by atoms with van der Waals surface area (Å²) in [6.07, 6.45) is 1.17. The van der Waals surface area contributed by atoms with Crippen LogP contribution in [0, 0.1) is 0 Å². The molecule has 1 aromatic carbocycles. The highest BCUT2D eigenvalue weighted by atomic mass is 16.4. The maximum Gasteiger partial charge on any atom is 0.354 e. The Kier molecular flexibility index (Phi) is 4.76. The van der Waals surface area contributed by atoms with Crippen molar-refractivity contribution in [2.45, 2.75) is 0 Å². The summed E-state index contributed by atoms with van der Waals surface area (Å²) in [5.41, 5.74) is 1.71. The number of hydrogen-bond acceptors (Lipinski definition) is 6. The Morgan fingerprint density at radius 1 is 1.15 bits per heavy atom. The smallest absolute Gasteiger partial charge is 0.354 e. The summed E-state index contributed by atoms with van der Waals surface area (Å²) in [5.74, 6) is -2.12. The van der Waals surface area contributed by atoms with Crippen molar-refractivity contribution < 1.29 is 24.6 Å². The average molecular weight is 353 g/mol. The van der Waals surface area contributed by atoms with Gasteiger partial charge in [-0.3, -0.25) is 14.5 Å². The van der Waals surface area contributed by atoms with Crippen LogP contribution in [0.25, 0.3) is 11.3 Å². The van der Waals surface area contributed by atoms with E-state index in [1.165, 1.54) is 12.1 Å². The van der Waals surface area contributed by atoms with Crippen LogP contribution < -0.4 is 5.32 Å². The van der Waals surface area contributed by atoms with Crippen LogP contribution in [0.4, 0.5) is 5.69 Å². The minimum atomic E-state index is -1.12. The van der Waals surface area contributed by atoms with Gasteiger partial charge in [-0.1, -0.05) is 18.2 Å². The fraction of sp³-hybridized carbons (Fsp3) is 0.111. The lowest BCUT2D eigenvalue weighted by molar-refractivity contribution is -0.137. The number of imide groups is 1. The highest BCUT2D eigenvalue weighted by Crippen LogP contribution is 2.23. The van der Waals surface area contributed by atoms with Gasteiger partial charge in [0.05, 0.1) is 18.8 Å². The lowest BCUT2D eigenvalue weighted by Crippen LogP contribution is -2.34. The number of carbonyl (C=O) groups excluding carboxylic acids is 2. The molecule has 2 heterocycles. The van der Waals surface area contributed by atoms with E-state index in [1.54, 1.807) is 36.4 Å². The number of aliphatic hydroxyl groups is 1. The van der Waals surface area contributed by atoms with E-state index in [1.807, 2.05) is 0 Å². The zero-order valence-corrected chi connectivity index (χ0v) is 13.5. The lowest BCUT2D eigenvalue weighted by atomic mass is 10.1. The molecule has 0 unspecified atom stereocenters. The molecule has 0 bridgehead atoms. The van der Waals surface area contributed by atoms with Gasteiger partial charge in [-0.2, -0.15) is 0 Å². The highest BCUT2D eigenvalue weighted by molar-refractivity contribution is 6.17. The second-order valence-corrected chi connectivity index (χ2v) is 5.50. The number of anilines is 1. The number of aromatic nitrogens is 1. The molecule has 0 radical (unpaired) electrons. The van der Waals surface area contributed by atoms with Crippen LogP contribution in [0.5, 0.6) is 0 Å². The number of nitrogens with one attached hydrogen (secondary N) is 1. The van der Waals surface area contributed by atoms with E-state index in [9.17, 15) is 14.4 Å². The minimum absolute atomic E-state index is 0.0642. The molecule has 8 heteroatoms. The molecule has 1 aliphatic rings. The van der Waals surface area contributed by atoms with Gasteiger partial charge in [0.25, 0.3) is 11.8 Å². The van der Waals surface area contributed by atoms with E-state index in [-0.39, 0.29) is 24.5 Å². The Morgan fingerprint density at radius 3 is 2.65 bits per heavy atom. The fourth-order valence-corrected chi connectivity index (χ4v) is 2.54. The Labute approximate surface area is 148 Å². The van der Waals surface area contributed by atoms with Gasteiger partial charge >= 0.3 is 5.97 Å². The maximum absolute atomic E-state index is 12.2. The third-order valence-corrected chi connectivity index (χ3v) is 3.74. The second kappa shape index (κ2) is 7.16.